The Kier molecular flexibility index (Phi) is 5.35. The molecular weight excluding hydrogens is 372 g/mol. The topological polar surface area (TPSA) is 41.4 Å². The third-order valence-electron chi connectivity index (χ3n) is 5.23. The number of hydrogen-bond acceptors (Lipinski definition) is 3. The number of rotatable bonds is 4. The largest absolute Gasteiger partial charge is 0.368 e. The highest BCUT2D eigenvalue weighted by atomic mass is 35.5. The highest BCUT2D eigenvalue weighted by Crippen LogP contribution is 2.24. The Balaban J connectivity index is 1.48. The average molecular weight is 395 g/mol. The first kappa shape index (κ1) is 18.6. The molecule has 6 heteroatoms. The molecule has 0 aliphatic carbocycles. The van der Waals surface area contributed by atoms with Crippen molar-refractivity contribution in [1.29, 1.82) is 0 Å². The number of aryl methyl sites for hydroxylation is 1. The summed E-state index contributed by atoms with van der Waals surface area (Å²) in [5, 5.41) is 0.739. The van der Waals surface area contributed by atoms with Crippen molar-refractivity contribution >= 4 is 23.2 Å². The molecule has 2 aromatic heterocycles. The molecule has 0 unspecified atom stereocenters. The van der Waals surface area contributed by atoms with E-state index in [9.17, 15) is 4.79 Å². The Bertz CT molecular complexity index is 944. The van der Waals surface area contributed by atoms with Crippen molar-refractivity contribution in [2.24, 2.45) is 0 Å². The smallest absolute Gasteiger partial charge is 0.270 e. The van der Waals surface area contributed by atoms with Crippen molar-refractivity contribution in [3.8, 4) is 11.1 Å². The minimum absolute atomic E-state index is 0.0953. The summed E-state index contributed by atoms with van der Waals surface area (Å²) >= 11 is 5.98. The number of piperazine rings is 1. The lowest BCUT2D eigenvalue weighted by atomic mass is 10.1. The molecule has 1 fully saturated rings. The van der Waals surface area contributed by atoms with Crippen molar-refractivity contribution < 1.29 is 4.79 Å². The second kappa shape index (κ2) is 8.07. The van der Waals surface area contributed by atoms with E-state index < -0.39 is 0 Å². The van der Waals surface area contributed by atoms with Gasteiger partial charge in [0, 0.05) is 67.6 Å². The van der Waals surface area contributed by atoms with Gasteiger partial charge < -0.3 is 14.4 Å². The van der Waals surface area contributed by atoms with Crippen LogP contribution in [-0.2, 0) is 6.54 Å². The number of hydrogen-bond donors (Lipinski definition) is 0. The van der Waals surface area contributed by atoms with Crippen LogP contribution in [-0.4, -0.2) is 46.5 Å². The van der Waals surface area contributed by atoms with E-state index >= 15 is 0 Å². The van der Waals surface area contributed by atoms with E-state index in [-0.39, 0.29) is 5.91 Å². The van der Waals surface area contributed by atoms with E-state index in [0.717, 1.165) is 47.2 Å². The van der Waals surface area contributed by atoms with Crippen LogP contribution in [0.5, 0.6) is 0 Å². The first-order valence-electron chi connectivity index (χ1n) is 9.56. The number of halogens is 1. The lowest BCUT2D eigenvalue weighted by Gasteiger charge is -2.36. The van der Waals surface area contributed by atoms with Gasteiger partial charge >= 0.3 is 0 Å². The molecular formula is C22H23ClN4O. The summed E-state index contributed by atoms with van der Waals surface area (Å²) in [5.74, 6) is 0.0953. The molecule has 0 atom stereocenters. The zero-order valence-corrected chi connectivity index (χ0v) is 16.6. The summed E-state index contributed by atoms with van der Waals surface area (Å²) in [4.78, 5) is 21.5. The Labute approximate surface area is 170 Å². The molecule has 0 radical (unpaired) electrons. The zero-order chi connectivity index (χ0) is 19.5. The highest BCUT2D eigenvalue weighted by molar-refractivity contribution is 6.30. The molecule has 0 N–H and O–H groups in total. The Hall–Kier alpha value is -2.79. The number of pyridine rings is 1. The summed E-state index contributed by atoms with van der Waals surface area (Å²) in [6.07, 6.45) is 5.60. The van der Waals surface area contributed by atoms with Crippen LogP contribution in [0.25, 0.3) is 11.1 Å². The molecule has 3 heterocycles. The monoisotopic (exact) mass is 394 g/mol. The number of anilines is 1. The maximum Gasteiger partial charge on any atom is 0.270 e. The molecule has 0 bridgehead atoms. The molecule has 1 aliphatic rings. The fourth-order valence-electron chi connectivity index (χ4n) is 3.64. The Morgan fingerprint density at radius 3 is 2.32 bits per heavy atom. The fourth-order valence-corrected chi connectivity index (χ4v) is 3.76. The average Bonchev–Trinajstić information content (AvgIpc) is 3.19. The van der Waals surface area contributed by atoms with Crippen LogP contribution in [0.1, 0.15) is 17.4 Å². The molecule has 4 rings (SSSR count). The minimum atomic E-state index is 0.0953. The van der Waals surface area contributed by atoms with E-state index in [1.807, 2.05) is 58.1 Å². The van der Waals surface area contributed by atoms with Crippen LogP contribution in [0.15, 0.2) is 61.1 Å². The second-order valence-corrected chi connectivity index (χ2v) is 7.33. The normalized spacial score (nSPS) is 14.4. The summed E-state index contributed by atoms with van der Waals surface area (Å²) in [6.45, 7) is 5.87. The molecule has 28 heavy (non-hydrogen) atoms. The van der Waals surface area contributed by atoms with Crippen LogP contribution < -0.4 is 4.90 Å². The van der Waals surface area contributed by atoms with Crippen LogP contribution >= 0.6 is 11.6 Å². The summed E-state index contributed by atoms with van der Waals surface area (Å²) in [7, 11) is 0. The van der Waals surface area contributed by atoms with Crippen molar-refractivity contribution in [2.45, 2.75) is 13.5 Å². The third-order valence-corrected chi connectivity index (χ3v) is 5.48. The van der Waals surface area contributed by atoms with Crippen LogP contribution in [0, 0.1) is 0 Å². The van der Waals surface area contributed by atoms with Crippen LogP contribution in [0.3, 0.4) is 0 Å². The number of benzene rings is 1. The van der Waals surface area contributed by atoms with Gasteiger partial charge in [0.05, 0.1) is 0 Å². The standard InChI is InChI=1S/C22H23ClN4O/c1-2-25-16-18(17-7-9-24-10-8-17)15-21(25)22(28)27-13-11-26(12-14-27)20-5-3-19(23)4-6-20/h3-10,15-16H,2,11-14H2,1H3. The molecule has 1 amide bonds. The highest BCUT2D eigenvalue weighted by Gasteiger charge is 2.25. The van der Waals surface area contributed by atoms with Gasteiger partial charge in [0.25, 0.3) is 5.91 Å². The third kappa shape index (κ3) is 3.76. The van der Waals surface area contributed by atoms with Crippen molar-refractivity contribution in [1.82, 2.24) is 14.5 Å². The molecule has 0 spiro atoms. The van der Waals surface area contributed by atoms with Gasteiger partial charge in [-0.2, -0.15) is 0 Å². The van der Waals surface area contributed by atoms with Crippen molar-refractivity contribution in [3.63, 3.8) is 0 Å². The predicted octanol–water partition coefficient (Wildman–Crippen LogP) is 4.19. The molecule has 3 aromatic rings. The SMILES string of the molecule is CCn1cc(-c2ccncc2)cc1C(=O)N1CCN(c2ccc(Cl)cc2)CC1. The van der Waals surface area contributed by atoms with Gasteiger partial charge in [-0.3, -0.25) is 9.78 Å². The minimum Gasteiger partial charge on any atom is -0.368 e. The van der Waals surface area contributed by atoms with E-state index in [1.54, 1.807) is 12.4 Å². The number of aromatic nitrogens is 2. The van der Waals surface area contributed by atoms with Crippen LogP contribution in [0.2, 0.25) is 5.02 Å². The van der Waals surface area contributed by atoms with Crippen LogP contribution in [0.4, 0.5) is 5.69 Å². The van der Waals surface area contributed by atoms with Gasteiger partial charge in [-0.1, -0.05) is 11.6 Å². The number of carbonyl (C=O) groups excluding carboxylic acids is 1. The molecule has 1 saturated heterocycles. The van der Waals surface area contributed by atoms with Crippen molar-refractivity contribution in [3.05, 3.63) is 71.8 Å². The zero-order valence-electron chi connectivity index (χ0n) is 15.9. The molecule has 5 nitrogen and oxygen atoms in total. The van der Waals surface area contributed by atoms with Gasteiger partial charge in [0.1, 0.15) is 5.69 Å². The molecule has 1 aliphatic heterocycles. The van der Waals surface area contributed by atoms with Gasteiger partial charge in [-0.25, -0.2) is 0 Å². The van der Waals surface area contributed by atoms with Gasteiger partial charge in [-0.05, 0) is 55.0 Å². The van der Waals surface area contributed by atoms with Gasteiger partial charge in [0.15, 0.2) is 0 Å². The van der Waals surface area contributed by atoms with Crippen molar-refractivity contribution in [2.75, 3.05) is 31.1 Å². The number of carbonyl (C=O) groups is 1. The second-order valence-electron chi connectivity index (χ2n) is 6.89. The first-order valence-corrected chi connectivity index (χ1v) is 9.94. The Morgan fingerprint density at radius 2 is 1.68 bits per heavy atom. The Morgan fingerprint density at radius 1 is 1.00 bits per heavy atom. The fraction of sp³-hybridized carbons (Fsp3) is 0.273. The summed E-state index contributed by atoms with van der Waals surface area (Å²) in [5.41, 5.74) is 4.01. The van der Waals surface area contributed by atoms with E-state index in [2.05, 4.69) is 16.8 Å². The predicted molar refractivity (Wildman–Crippen MR) is 113 cm³/mol. The lowest BCUT2D eigenvalue weighted by Crippen LogP contribution is -2.49. The van der Waals surface area contributed by atoms with E-state index in [1.165, 1.54) is 0 Å². The van der Waals surface area contributed by atoms with E-state index in [0.29, 0.717) is 13.1 Å². The van der Waals surface area contributed by atoms with Gasteiger partial charge in [0.2, 0.25) is 0 Å². The van der Waals surface area contributed by atoms with E-state index in [4.69, 9.17) is 11.6 Å². The lowest BCUT2D eigenvalue weighted by molar-refractivity contribution is 0.0736. The summed E-state index contributed by atoms with van der Waals surface area (Å²) < 4.78 is 2.03. The first-order chi connectivity index (χ1) is 13.7. The van der Waals surface area contributed by atoms with Gasteiger partial charge in [-0.15, -0.1) is 0 Å². The summed E-state index contributed by atoms with van der Waals surface area (Å²) in [6, 6.07) is 13.8. The molecule has 0 saturated carbocycles. The maximum absolute atomic E-state index is 13.2. The molecule has 144 valence electrons. The number of nitrogens with zero attached hydrogens (tertiary/aromatic N) is 4. The maximum atomic E-state index is 13.2. The quantitative estimate of drug-likeness (QED) is 0.666. The molecule has 1 aromatic carbocycles. The number of amides is 1.